The highest BCUT2D eigenvalue weighted by Crippen LogP contribution is 2.24. The summed E-state index contributed by atoms with van der Waals surface area (Å²) in [6.07, 6.45) is 1.78. The number of hydrogen-bond acceptors (Lipinski definition) is 2. The van der Waals surface area contributed by atoms with Crippen LogP contribution in [0, 0.1) is 0 Å². The molecule has 118 valence electrons. The lowest BCUT2D eigenvalue weighted by molar-refractivity contribution is 0.0947. The highest BCUT2D eigenvalue weighted by Gasteiger charge is 2.21. The molecule has 0 bridgehead atoms. The molecule has 1 heterocycles. The number of halogens is 1. The van der Waals surface area contributed by atoms with Crippen LogP contribution in [0.15, 0.2) is 54.7 Å². The number of para-hydroxylation sites is 1. The van der Waals surface area contributed by atoms with Gasteiger partial charge >= 0.3 is 0 Å². The third kappa shape index (κ3) is 3.16. The van der Waals surface area contributed by atoms with Crippen LogP contribution in [0.5, 0.6) is 0 Å². The molecule has 0 aliphatic rings. The highest BCUT2D eigenvalue weighted by molar-refractivity contribution is 6.31. The zero-order chi connectivity index (χ0) is 16.4. The summed E-state index contributed by atoms with van der Waals surface area (Å²) < 4.78 is 0. The van der Waals surface area contributed by atoms with Crippen molar-refractivity contribution in [3.05, 3.63) is 70.9 Å². The number of carbonyl (C=O) groups is 1. The molecular formula is C19H19ClN2O. The van der Waals surface area contributed by atoms with Crippen molar-refractivity contribution in [2.24, 2.45) is 0 Å². The second-order valence-corrected chi connectivity index (χ2v) is 6.15. The van der Waals surface area contributed by atoms with Gasteiger partial charge in [0.05, 0.1) is 6.04 Å². The fourth-order valence-corrected chi connectivity index (χ4v) is 3.17. The van der Waals surface area contributed by atoms with Crippen molar-refractivity contribution in [2.75, 3.05) is 0 Å². The van der Waals surface area contributed by atoms with Crippen LogP contribution >= 0.6 is 11.6 Å². The van der Waals surface area contributed by atoms with E-state index in [9.17, 15) is 4.79 Å². The second kappa shape index (κ2) is 6.57. The van der Waals surface area contributed by atoms with Gasteiger partial charge < -0.3 is 10.3 Å². The van der Waals surface area contributed by atoms with Gasteiger partial charge in [0.2, 0.25) is 0 Å². The van der Waals surface area contributed by atoms with Gasteiger partial charge in [-0.2, -0.15) is 0 Å². The molecule has 3 aromatic rings. The lowest BCUT2D eigenvalue weighted by Crippen LogP contribution is -2.35. The summed E-state index contributed by atoms with van der Waals surface area (Å²) in [5, 5.41) is 5.00. The molecule has 0 spiro atoms. The Hall–Kier alpha value is -2.10. The molecule has 0 amide bonds. The van der Waals surface area contributed by atoms with Gasteiger partial charge in [-0.25, -0.2) is 0 Å². The minimum atomic E-state index is -0.305. The van der Waals surface area contributed by atoms with Gasteiger partial charge in [0.1, 0.15) is 0 Å². The normalized spacial score (nSPS) is 13.9. The van der Waals surface area contributed by atoms with E-state index in [4.69, 9.17) is 11.6 Å². The van der Waals surface area contributed by atoms with E-state index < -0.39 is 0 Å². The first-order valence-corrected chi connectivity index (χ1v) is 8.06. The monoisotopic (exact) mass is 326 g/mol. The second-order valence-electron chi connectivity index (χ2n) is 5.74. The average molecular weight is 327 g/mol. The van der Waals surface area contributed by atoms with E-state index in [2.05, 4.69) is 10.3 Å². The summed E-state index contributed by atoms with van der Waals surface area (Å²) in [5.41, 5.74) is 2.68. The molecule has 0 aliphatic carbocycles. The topological polar surface area (TPSA) is 44.9 Å². The molecule has 0 saturated heterocycles. The van der Waals surface area contributed by atoms with Crippen LogP contribution in [0.25, 0.3) is 10.9 Å². The van der Waals surface area contributed by atoms with Gasteiger partial charge in [-0.1, -0.05) is 48.0 Å². The van der Waals surface area contributed by atoms with E-state index in [0.717, 1.165) is 16.5 Å². The number of fused-ring (bicyclic) bond motifs is 1. The Labute approximate surface area is 140 Å². The number of nitrogens with one attached hydrogen (secondary N) is 2. The highest BCUT2D eigenvalue weighted by atomic mass is 35.5. The smallest absolute Gasteiger partial charge is 0.181 e. The van der Waals surface area contributed by atoms with Crippen LogP contribution in [0.2, 0.25) is 5.02 Å². The van der Waals surface area contributed by atoms with Crippen LogP contribution in [-0.2, 0) is 0 Å². The fourth-order valence-electron chi connectivity index (χ4n) is 2.88. The van der Waals surface area contributed by atoms with Crippen molar-refractivity contribution in [3.8, 4) is 0 Å². The van der Waals surface area contributed by atoms with Crippen molar-refractivity contribution in [1.29, 1.82) is 0 Å². The Kier molecular flexibility index (Phi) is 4.51. The number of aromatic amines is 1. The number of Topliss-reactive ketones (excluding diaryl/α,β-unsaturated/α-hetero) is 1. The van der Waals surface area contributed by atoms with Gasteiger partial charge in [0, 0.05) is 33.7 Å². The van der Waals surface area contributed by atoms with E-state index in [1.165, 1.54) is 0 Å². The third-order valence-corrected chi connectivity index (χ3v) is 4.46. The van der Waals surface area contributed by atoms with E-state index in [-0.39, 0.29) is 17.9 Å². The lowest BCUT2D eigenvalue weighted by atomic mass is 10.0. The van der Waals surface area contributed by atoms with E-state index in [1.807, 2.05) is 62.4 Å². The SMILES string of the molecule is C[C@H](N[C@H](C)C(=O)c1c[nH]c2ccccc12)c1ccccc1Cl. The Morgan fingerprint density at radius 1 is 1.09 bits per heavy atom. The van der Waals surface area contributed by atoms with E-state index in [1.54, 1.807) is 6.20 Å². The lowest BCUT2D eigenvalue weighted by Gasteiger charge is -2.20. The van der Waals surface area contributed by atoms with E-state index in [0.29, 0.717) is 10.6 Å². The molecular weight excluding hydrogens is 308 g/mol. The van der Waals surface area contributed by atoms with Crippen LogP contribution in [0.1, 0.15) is 35.8 Å². The van der Waals surface area contributed by atoms with Crippen molar-refractivity contribution in [2.45, 2.75) is 25.9 Å². The van der Waals surface area contributed by atoms with Gasteiger partial charge in [0.25, 0.3) is 0 Å². The molecule has 2 atom stereocenters. The largest absolute Gasteiger partial charge is 0.360 e. The van der Waals surface area contributed by atoms with E-state index >= 15 is 0 Å². The molecule has 3 rings (SSSR count). The summed E-state index contributed by atoms with van der Waals surface area (Å²) >= 11 is 6.23. The molecule has 23 heavy (non-hydrogen) atoms. The Morgan fingerprint density at radius 3 is 2.57 bits per heavy atom. The molecule has 0 saturated carbocycles. The standard InChI is InChI=1S/C19H19ClN2O/c1-12(14-7-3-5-9-17(14)20)22-13(2)19(23)16-11-21-18-10-6-4-8-15(16)18/h3-13,21-22H,1-2H3/t12-,13+/m0/s1. The van der Waals surface area contributed by atoms with Gasteiger partial charge in [-0.3, -0.25) is 4.79 Å². The number of ketones is 1. The minimum absolute atomic E-state index is 0.00661. The van der Waals surface area contributed by atoms with Crippen LogP contribution in [0.4, 0.5) is 0 Å². The number of benzene rings is 2. The average Bonchev–Trinajstić information content (AvgIpc) is 2.98. The van der Waals surface area contributed by atoms with Crippen LogP contribution < -0.4 is 5.32 Å². The Bertz CT molecular complexity index is 840. The fraction of sp³-hybridized carbons (Fsp3) is 0.211. The molecule has 2 N–H and O–H groups in total. The number of carbonyl (C=O) groups excluding carboxylic acids is 1. The van der Waals surface area contributed by atoms with Crippen LogP contribution in [-0.4, -0.2) is 16.8 Å². The molecule has 1 aromatic heterocycles. The van der Waals surface area contributed by atoms with Crippen molar-refractivity contribution >= 4 is 28.3 Å². The maximum atomic E-state index is 12.8. The van der Waals surface area contributed by atoms with Gasteiger partial charge in [-0.15, -0.1) is 0 Å². The first kappa shape index (κ1) is 15.8. The number of rotatable bonds is 5. The summed E-state index contributed by atoms with van der Waals surface area (Å²) in [4.78, 5) is 15.9. The first-order chi connectivity index (χ1) is 11.1. The molecule has 0 unspecified atom stereocenters. The maximum absolute atomic E-state index is 12.8. The Morgan fingerprint density at radius 2 is 1.78 bits per heavy atom. The van der Waals surface area contributed by atoms with Crippen LogP contribution in [0.3, 0.4) is 0 Å². The van der Waals surface area contributed by atoms with Crippen molar-refractivity contribution in [3.63, 3.8) is 0 Å². The summed E-state index contributed by atoms with van der Waals surface area (Å²) in [6, 6.07) is 15.2. The molecule has 0 aliphatic heterocycles. The maximum Gasteiger partial charge on any atom is 0.181 e. The molecule has 2 aromatic carbocycles. The van der Waals surface area contributed by atoms with Crippen molar-refractivity contribution < 1.29 is 4.79 Å². The molecule has 3 nitrogen and oxygen atoms in total. The number of H-pyrrole nitrogens is 1. The predicted molar refractivity (Wildman–Crippen MR) is 95.1 cm³/mol. The molecule has 0 radical (unpaired) electrons. The quantitative estimate of drug-likeness (QED) is 0.665. The summed E-state index contributed by atoms with van der Waals surface area (Å²) in [5.74, 6) is 0.0707. The number of aromatic nitrogens is 1. The molecule has 0 fully saturated rings. The van der Waals surface area contributed by atoms with Gasteiger partial charge in [0.15, 0.2) is 5.78 Å². The summed E-state index contributed by atoms with van der Waals surface area (Å²) in [6.45, 7) is 3.90. The zero-order valence-corrected chi connectivity index (χ0v) is 13.9. The molecule has 4 heteroatoms. The zero-order valence-electron chi connectivity index (χ0n) is 13.1. The first-order valence-electron chi connectivity index (χ1n) is 7.68. The predicted octanol–water partition coefficient (Wildman–Crippen LogP) is 4.74. The number of hydrogen-bond donors (Lipinski definition) is 2. The van der Waals surface area contributed by atoms with Crippen molar-refractivity contribution in [1.82, 2.24) is 10.3 Å². The van der Waals surface area contributed by atoms with Gasteiger partial charge in [-0.05, 0) is 31.5 Å². The summed E-state index contributed by atoms with van der Waals surface area (Å²) in [7, 11) is 0. The Balaban J connectivity index is 1.79. The minimum Gasteiger partial charge on any atom is -0.360 e. The third-order valence-electron chi connectivity index (χ3n) is 4.12.